The van der Waals surface area contributed by atoms with Crippen LogP contribution in [0.3, 0.4) is 0 Å². The molecule has 0 aromatic heterocycles. The molecule has 0 aromatic rings. The van der Waals surface area contributed by atoms with Crippen molar-refractivity contribution >= 4 is 5.78 Å². The molecule has 136 valence electrons. The van der Waals surface area contributed by atoms with E-state index < -0.39 is 0 Å². The molecule has 1 N–H and O–H groups in total. The van der Waals surface area contributed by atoms with Gasteiger partial charge in [-0.05, 0) is 91.3 Å². The summed E-state index contributed by atoms with van der Waals surface area (Å²) in [5.41, 5.74) is 0.885. The Kier molecular flexibility index (Phi) is 4.14. The summed E-state index contributed by atoms with van der Waals surface area (Å²) in [5.74, 6) is 4.96. The van der Waals surface area contributed by atoms with Gasteiger partial charge >= 0.3 is 0 Å². The van der Waals surface area contributed by atoms with Gasteiger partial charge in [-0.2, -0.15) is 0 Å². The summed E-state index contributed by atoms with van der Waals surface area (Å²) in [6, 6.07) is 0. The lowest BCUT2D eigenvalue weighted by molar-refractivity contribution is -0.140. The zero-order valence-electron chi connectivity index (χ0n) is 15.9. The van der Waals surface area contributed by atoms with Gasteiger partial charge in [-0.1, -0.05) is 20.8 Å². The van der Waals surface area contributed by atoms with Gasteiger partial charge in [0.2, 0.25) is 0 Å². The molecule has 2 heteroatoms. The molecule has 0 aliphatic heterocycles. The minimum absolute atomic E-state index is 0.350. The number of rotatable bonds is 2. The van der Waals surface area contributed by atoms with Gasteiger partial charge in [0, 0.05) is 19.4 Å². The van der Waals surface area contributed by atoms with Crippen molar-refractivity contribution in [2.75, 3.05) is 6.61 Å². The number of fused-ring (bicyclic) bond motifs is 5. The highest BCUT2D eigenvalue weighted by Gasteiger charge is 2.60. The zero-order valence-corrected chi connectivity index (χ0v) is 15.9. The van der Waals surface area contributed by atoms with Crippen molar-refractivity contribution in [1.82, 2.24) is 0 Å². The maximum absolute atomic E-state index is 12.0. The molecule has 0 aromatic carbocycles. The Hall–Kier alpha value is -0.370. The number of hydrogen-bond donors (Lipinski definition) is 1. The van der Waals surface area contributed by atoms with Crippen LogP contribution in [0.2, 0.25) is 0 Å². The average molecular weight is 333 g/mol. The fourth-order valence-electron chi connectivity index (χ4n) is 8.15. The second-order valence-electron chi connectivity index (χ2n) is 10.3. The van der Waals surface area contributed by atoms with Gasteiger partial charge in [0.1, 0.15) is 5.78 Å². The lowest BCUT2D eigenvalue weighted by Gasteiger charge is -2.60. The van der Waals surface area contributed by atoms with Gasteiger partial charge in [-0.15, -0.1) is 0 Å². The standard InChI is InChI=1S/C22H36O2/c1-14(13-23)18-6-7-19-17-5-4-15-12-16(24)8-10-21(15,2)20(17)9-11-22(18,19)3/h14-15,17-20,23H,4-13H2,1-3H3/t14?,15?,17-,18+,19-,20-,21-,22+/m0/s1. The maximum Gasteiger partial charge on any atom is 0.133 e. The summed E-state index contributed by atoms with van der Waals surface area (Å²) < 4.78 is 0. The number of ketones is 1. The summed E-state index contributed by atoms with van der Waals surface area (Å²) in [4.78, 5) is 12.0. The smallest absolute Gasteiger partial charge is 0.133 e. The second-order valence-corrected chi connectivity index (χ2v) is 10.3. The van der Waals surface area contributed by atoms with Crippen LogP contribution in [-0.2, 0) is 4.79 Å². The summed E-state index contributed by atoms with van der Waals surface area (Å²) in [6.07, 6.45) is 10.9. The molecule has 24 heavy (non-hydrogen) atoms. The lowest BCUT2D eigenvalue weighted by atomic mass is 9.44. The third kappa shape index (κ3) is 2.27. The van der Waals surface area contributed by atoms with E-state index in [0.29, 0.717) is 41.0 Å². The molecule has 0 radical (unpaired) electrons. The van der Waals surface area contributed by atoms with Crippen molar-refractivity contribution in [1.29, 1.82) is 0 Å². The monoisotopic (exact) mass is 332 g/mol. The SMILES string of the molecule is CC(CO)[C@H]1CC[C@H]2[C@@H]3CCC4CC(=O)CC[C@]4(C)[C@H]3CC[C@]12C. The van der Waals surface area contributed by atoms with Gasteiger partial charge in [0.25, 0.3) is 0 Å². The highest BCUT2D eigenvalue weighted by atomic mass is 16.3. The van der Waals surface area contributed by atoms with Gasteiger partial charge in [0.15, 0.2) is 0 Å². The number of carbonyl (C=O) groups excluding carboxylic acids is 1. The van der Waals surface area contributed by atoms with E-state index >= 15 is 0 Å². The second kappa shape index (κ2) is 5.83. The van der Waals surface area contributed by atoms with Crippen molar-refractivity contribution < 1.29 is 9.90 Å². The summed E-state index contributed by atoms with van der Waals surface area (Å²) in [7, 11) is 0. The van der Waals surface area contributed by atoms with E-state index in [2.05, 4.69) is 20.8 Å². The normalized spacial score (nSPS) is 52.3. The van der Waals surface area contributed by atoms with Crippen LogP contribution in [-0.4, -0.2) is 17.5 Å². The van der Waals surface area contributed by atoms with Crippen LogP contribution < -0.4 is 0 Å². The fourth-order valence-corrected chi connectivity index (χ4v) is 8.15. The molecule has 4 aliphatic carbocycles. The molecular weight excluding hydrogens is 296 g/mol. The number of aliphatic hydroxyl groups excluding tert-OH is 1. The molecule has 2 nitrogen and oxygen atoms in total. The quantitative estimate of drug-likeness (QED) is 0.785. The highest BCUT2D eigenvalue weighted by molar-refractivity contribution is 5.79. The first-order valence-electron chi connectivity index (χ1n) is 10.5. The highest BCUT2D eigenvalue weighted by Crippen LogP contribution is 2.67. The molecule has 0 amide bonds. The molecule has 8 atom stereocenters. The lowest BCUT2D eigenvalue weighted by Crippen LogP contribution is -2.53. The van der Waals surface area contributed by atoms with Gasteiger partial charge in [-0.25, -0.2) is 0 Å². The minimum atomic E-state index is 0.350. The predicted octanol–water partition coefficient (Wildman–Crippen LogP) is 4.84. The first kappa shape index (κ1) is 17.1. The molecule has 4 saturated carbocycles. The Labute approximate surface area is 147 Å². The fraction of sp³-hybridized carbons (Fsp3) is 0.955. The first-order valence-corrected chi connectivity index (χ1v) is 10.5. The van der Waals surface area contributed by atoms with Crippen LogP contribution in [0.5, 0.6) is 0 Å². The van der Waals surface area contributed by atoms with Crippen molar-refractivity contribution in [3.05, 3.63) is 0 Å². The summed E-state index contributed by atoms with van der Waals surface area (Å²) in [6.45, 7) is 7.70. The van der Waals surface area contributed by atoms with E-state index in [1.54, 1.807) is 0 Å². The van der Waals surface area contributed by atoms with Crippen LogP contribution in [0, 0.1) is 46.3 Å². The van der Waals surface area contributed by atoms with Gasteiger partial charge in [-0.3, -0.25) is 4.79 Å². The Morgan fingerprint density at radius 1 is 1.04 bits per heavy atom. The molecule has 4 aliphatic rings. The number of Topliss-reactive ketones (excluding diaryl/α,β-unsaturated/α-hetero) is 1. The molecule has 0 bridgehead atoms. The largest absolute Gasteiger partial charge is 0.396 e. The van der Waals surface area contributed by atoms with Crippen LogP contribution >= 0.6 is 0 Å². The summed E-state index contributed by atoms with van der Waals surface area (Å²) in [5, 5.41) is 9.72. The molecule has 4 rings (SSSR count). The maximum atomic E-state index is 12.0. The van der Waals surface area contributed by atoms with E-state index in [-0.39, 0.29) is 0 Å². The number of aliphatic hydroxyl groups is 1. The van der Waals surface area contributed by atoms with Crippen molar-refractivity contribution in [3.8, 4) is 0 Å². The average Bonchev–Trinajstić information content (AvgIpc) is 2.92. The number of hydrogen-bond acceptors (Lipinski definition) is 2. The van der Waals surface area contributed by atoms with Crippen molar-refractivity contribution in [3.63, 3.8) is 0 Å². The van der Waals surface area contributed by atoms with E-state index in [1.165, 1.54) is 38.5 Å². The van der Waals surface area contributed by atoms with Crippen LogP contribution in [0.1, 0.15) is 78.6 Å². The Morgan fingerprint density at radius 2 is 1.79 bits per heavy atom. The molecule has 4 fully saturated rings. The minimum Gasteiger partial charge on any atom is -0.396 e. The Morgan fingerprint density at radius 3 is 2.54 bits per heavy atom. The van der Waals surface area contributed by atoms with Crippen LogP contribution in [0.4, 0.5) is 0 Å². The molecule has 2 unspecified atom stereocenters. The van der Waals surface area contributed by atoms with Crippen molar-refractivity contribution in [2.24, 2.45) is 46.3 Å². The Bertz CT molecular complexity index is 514. The molecule has 0 saturated heterocycles. The zero-order chi connectivity index (χ0) is 17.1. The third-order valence-corrected chi connectivity index (χ3v) is 9.53. The third-order valence-electron chi connectivity index (χ3n) is 9.53. The number of carbonyl (C=O) groups is 1. The topological polar surface area (TPSA) is 37.3 Å². The van der Waals surface area contributed by atoms with E-state index in [9.17, 15) is 9.90 Å². The first-order chi connectivity index (χ1) is 11.4. The molecule has 0 spiro atoms. The van der Waals surface area contributed by atoms with E-state index in [1.807, 2.05) is 0 Å². The molecule has 0 heterocycles. The van der Waals surface area contributed by atoms with Crippen LogP contribution in [0.25, 0.3) is 0 Å². The van der Waals surface area contributed by atoms with Crippen LogP contribution in [0.15, 0.2) is 0 Å². The molecular formula is C22H36O2. The van der Waals surface area contributed by atoms with Gasteiger partial charge in [0.05, 0.1) is 0 Å². The van der Waals surface area contributed by atoms with Gasteiger partial charge < -0.3 is 5.11 Å². The Balaban J connectivity index is 1.60. The predicted molar refractivity (Wildman–Crippen MR) is 96.5 cm³/mol. The van der Waals surface area contributed by atoms with E-state index in [4.69, 9.17) is 0 Å². The van der Waals surface area contributed by atoms with E-state index in [0.717, 1.165) is 37.0 Å². The summed E-state index contributed by atoms with van der Waals surface area (Å²) >= 11 is 0. The van der Waals surface area contributed by atoms with Crippen molar-refractivity contribution in [2.45, 2.75) is 78.6 Å².